The van der Waals surface area contributed by atoms with Crippen LogP contribution in [0.5, 0.6) is 5.75 Å². The molecule has 0 radical (unpaired) electrons. The molecule has 1 saturated heterocycles. The van der Waals surface area contributed by atoms with E-state index >= 15 is 0 Å². The van der Waals surface area contributed by atoms with E-state index in [9.17, 15) is 5.11 Å². The molecule has 1 aromatic rings. The maximum atomic E-state index is 9.87. The fourth-order valence-electron chi connectivity index (χ4n) is 2.40. The standard InChI is InChI=1S/C14H20ClNO2/c1-3-18-14-12(10(2)17)8-11(15)9-13(14)16-6-4-5-7-16/h8-10,17H,3-7H2,1-2H3. The first kappa shape index (κ1) is 13.5. The average Bonchev–Trinajstić information content (AvgIpc) is 2.84. The number of benzene rings is 1. The van der Waals surface area contributed by atoms with Gasteiger partial charge in [0.05, 0.1) is 18.4 Å². The van der Waals surface area contributed by atoms with Gasteiger partial charge in [0.1, 0.15) is 5.75 Å². The molecule has 100 valence electrons. The van der Waals surface area contributed by atoms with Gasteiger partial charge in [0.15, 0.2) is 0 Å². The van der Waals surface area contributed by atoms with Gasteiger partial charge in [0, 0.05) is 23.7 Å². The Balaban J connectivity index is 2.47. The van der Waals surface area contributed by atoms with Gasteiger partial charge in [-0.15, -0.1) is 0 Å². The SMILES string of the molecule is CCOc1c(C(C)O)cc(Cl)cc1N1CCCC1. The van der Waals surface area contributed by atoms with Gasteiger partial charge in [-0.2, -0.15) is 0 Å². The smallest absolute Gasteiger partial charge is 0.148 e. The van der Waals surface area contributed by atoms with Crippen LogP contribution in [0.25, 0.3) is 0 Å². The van der Waals surface area contributed by atoms with Crippen molar-refractivity contribution in [1.29, 1.82) is 0 Å². The Morgan fingerprint density at radius 1 is 1.39 bits per heavy atom. The predicted molar refractivity (Wildman–Crippen MR) is 74.7 cm³/mol. The third-order valence-electron chi connectivity index (χ3n) is 3.25. The maximum Gasteiger partial charge on any atom is 0.148 e. The van der Waals surface area contributed by atoms with E-state index in [1.165, 1.54) is 12.8 Å². The highest BCUT2D eigenvalue weighted by Gasteiger charge is 2.21. The second-order valence-electron chi connectivity index (χ2n) is 4.65. The first-order chi connectivity index (χ1) is 8.63. The molecular weight excluding hydrogens is 250 g/mol. The number of aliphatic hydroxyl groups is 1. The van der Waals surface area contributed by atoms with Gasteiger partial charge in [-0.25, -0.2) is 0 Å². The lowest BCUT2D eigenvalue weighted by atomic mass is 10.1. The lowest BCUT2D eigenvalue weighted by Gasteiger charge is -2.24. The van der Waals surface area contributed by atoms with Gasteiger partial charge in [0.2, 0.25) is 0 Å². The number of aliphatic hydroxyl groups excluding tert-OH is 1. The highest BCUT2D eigenvalue weighted by atomic mass is 35.5. The molecule has 1 fully saturated rings. The zero-order valence-corrected chi connectivity index (χ0v) is 11.7. The third kappa shape index (κ3) is 2.73. The van der Waals surface area contributed by atoms with Crippen LogP contribution in [0.4, 0.5) is 5.69 Å². The summed E-state index contributed by atoms with van der Waals surface area (Å²) < 4.78 is 5.74. The molecule has 18 heavy (non-hydrogen) atoms. The molecule has 1 aliphatic heterocycles. The third-order valence-corrected chi connectivity index (χ3v) is 3.47. The van der Waals surface area contributed by atoms with Crippen molar-refractivity contribution in [3.8, 4) is 5.75 Å². The minimum Gasteiger partial charge on any atom is -0.491 e. The summed E-state index contributed by atoms with van der Waals surface area (Å²) in [6.45, 7) is 6.33. The molecule has 1 aromatic carbocycles. The lowest BCUT2D eigenvalue weighted by molar-refractivity contribution is 0.192. The second-order valence-corrected chi connectivity index (χ2v) is 5.08. The van der Waals surface area contributed by atoms with E-state index in [0.29, 0.717) is 11.6 Å². The van der Waals surface area contributed by atoms with Gasteiger partial charge >= 0.3 is 0 Å². The van der Waals surface area contributed by atoms with Crippen molar-refractivity contribution in [1.82, 2.24) is 0 Å². The normalized spacial score (nSPS) is 17.0. The van der Waals surface area contributed by atoms with Crippen LogP contribution in [0.2, 0.25) is 5.02 Å². The summed E-state index contributed by atoms with van der Waals surface area (Å²) in [6.07, 6.45) is 1.82. The molecule has 1 aliphatic rings. The molecule has 0 amide bonds. The summed E-state index contributed by atoms with van der Waals surface area (Å²) in [7, 11) is 0. The molecule has 2 rings (SSSR count). The molecule has 1 N–H and O–H groups in total. The van der Waals surface area contributed by atoms with Crippen molar-refractivity contribution >= 4 is 17.3 Å². The number of anilines is 1. The van der Waals surface area contributed by atoms with Crippen molar-refractivity contribution < 1.29 is 9.84 Å². The second kappa shape index (κ2) is 5.81. The summed E-state index contributed by atoms with van der Waals surface area (Å²) in [6, 6.07) is 3.72. The molecule has 0 saturated carbocycles. The van der Waals surface area contributed by atoms with Crippen LogP contribution < -0.4 is 9.64 Å². The van der Waals surface area contributed by atoms with E-state index in [0.717, 1.165) is 30.1 Å². The van der Waals surface area contributed by atoms with Crippen molar-refractivity contribution in [3.63, 3.8) is 0 Å². The molecule has 1 heterocycles. The molecule has 1 atom stereocenters. The van der Waals surface area contributed by atoms with Crippen LogP contribution in [-0.2, 0) is 0 Å². The van der Waals surface area contributed by atoms with Crippen LogP contribution in [0.1, 0.15) is 38.4 Å². The number of nitrogens with zero attached hydrogens (tertiary/aromatic N) is 1. The zero-order valence-electron chi connectivity index (χ0n) is 10.9. The monoisotopic (exact) mass is 269 g/mol. The van der Waals surface area contributed by atoms with E-state index in [-0.39, 0.29) is 0 Å². The number of hydrogen-bond donors (Lipinski definition) is 1. The Labute approximate surface area is 113 Å². The highest BCUT2D eigenvalue weighted by molar-refractivity contribution is 6.31. The zero-order chi connectivity index (χ0) is 13.1. The van der Waals surface area contributed by atoms with E-state index in [4.69, 9.17) is 16.3 Å². The minimum absolute atomic E-state index is 0.577. The quantitative estimate of drug-likeness (QED) is 0.909. The first-order valence-corrected chi connectivity index (χ1v) is 6.90. The number of rotatable bonds is 4. The van der Waals surface area contributed by atoms with Crippen LogP contribution in [0.15, 0.2) is 12.1 Å². The fourth-order valence-corrected chi connectivity index (χ4v) is 2.63. The Kier molecular flexibility index (Phi) is 4.36. The van der Waals surface area contributed by atoms with Gasteiger partial charge < -0.3 is 14.7 Å². The molecule has 4 heteroatoms. The summed E-state index contributed by atoms with van der Waals surface area (Å²) in [5, 5.41) is 10.5. The van der Waals surface area contributed by atoms with Crippen molar-refractivity contribution in [3.05, 3.63) is 22.7 Å². The average molecular weight is 270 g/mol. The first-order valence-electron chi connectivity index (χ1n) is 6.52. The van der Waals surface area contributed by atoms with E-state index in [1.54, 1.807) is 13.0 Å². The Hall–Kier alpha value is -0.930. The Morgan fingerprint density at radius 2 is 2.06 bits per heavy atom. The molecule has 0 bridgehead atoms. The Bertz CT molecular complexity index is 415. The minimum atomic E-state index is -0.577. The van der Waals surface area contributed by atoms with Crippen molar-refractivity contribution in [2.24, 2.45) is 0 Å². The highest BCUT2D eigenvalue weighted by Crippen LogP contribution is 2.39. The van der Waals surface area contributed by atoms with Gasteiger partial charge in [0.25, 0.3) is 0 Å². The number of hydrogen-bond acceptors (Lipinski definition) is 3. The van der Waals surface area contributed by atoms with E-state index < -0.39 is 6.10 Å². The topological polar surface area (TPSA) is 32.7 Å². The number of halogens is 1. The van der Waals surface area contributed by atoms with Crippen LogP contribution in [-0.4, -0.2) is 24.8 Å². The molecule has 1 unspecified atom stereocenters. The largest absolute Gasteiger partial charge is 0.491 e. The van der Waals surface area contributed by atoms with Crippen molar-refractivity contribution in [2.75, 3.05) is 24.6 Å². The van der Waals surface area contributed by atoms with Crippen LogP contribution in [0, 0.1) is 0 Å². The van der Waals surface area contributed by atoms with Crippen molar-refractivity contribution in [2.45, 2.75) is 32.8 Å². The molecule has 0 spiro atoms. The summed E-state index contributed by atoms with van der Waals surface area (Å²) in [5.41, 5.74) is 1.78. The summed E-state index contributed by atoms with van der Waals surface area (Å²) in [4.78, 5) is 2.28. The van der Waals surface area contributed by atoms with Gasteiger partial charge in [-0.3, -0.25) is 0 Å². The van der Waals surface area contributed by atoms with Gasteiger partial charge in [-0.05, 0) is 38.8 Å². The predicted octanol–water partition coefficient (Wildman–Crippen LogP) is 3.39. The molecule has 0 aliphatic carbocycles. The maximum absolute atomic E-state index is 9.87. The molecular formula is C14H20ClNO2. The van der Waals surface area contributed by atoms with Crippen LogP contribution in [0.3, 0.4) is 0 Å². The molecule has 3 nitrogen and oxygen atoms in total. The van der Waals surface area contributed by atoms with E-state index in [2.05, 4.69) is 4.90 Å². The fraction of sp³-hybridized carbons (Fsp3) is 0.571. The molecule has 0 aromatic heterocycles. The van der Waals surface area contributed by atoms with Gasteiger partial charge in [-0.1, -0.05) is 11.6 Å². The summed E-state index contributed by atoms with van der Waals surface area (Å²) in [5.74, 6) is 0.777. The number of ether oxygens (including phenoxy) is 1. The Morgan fingerprint density at radius 3 is 2.61 bits per heavy atom. The summed E-state index contributed by atoms with van der Waals surface area (Å²) >= 11 is 6.15. The van der Waals surface area contributed by atoms with E-state index in [1.807, 2.05) is 13.0 Å². The lowest BCUT2D eigenvalue weighted by Crippen LogP contribution is -2.19. The van der Waals surface area contributed by atoms with Crippen LogP contribution >= 0.6 is 11.6 Å².